The molecule has 0 amide bonds. The normalized spacial score (nSPS) is 15.9. The molecule has 3 nitrogen and oxygen atoms in total. The van der Waals surface area contributed by atoms with Gasteiger partial charge in [-0.05, 0) is 30.9 Å². The van der Waals surface area contributed by atoms with Crippen LogP contribution in [0.25, 0.3) is 0 Å². The summed E-state index contributed by atoms with van der Waals surface area (Å²) in [5, 5.41) is 11.4. The second-order valence-electron chi connectivity index (χ2n) is 4.65. The van der Waals surface area contributed by atoms with Gasteiger partial charge in [0.1, 0.15) is 17.3 Å². The van der Waals surface area contributed by atoms with E-state index in [1.807, 2.05) is 0 Å². The van der Waals surface area contributed by atoms with Crippen LogP contribution in [0.4, 0.5) is 14.5 Å². The van der Waals surface area contributed by atoms with Gasteiger partial charge in [0.25, 0.3) is 0 Å². The van der Waals surface area contributed by atoms with Crippen molar-refractivity contribution in [3.63, 3.8) is 0 Å². The second kappa shape index (κ2) is 5.33. The maximum Gasteiger partial charge on any atom is 0.335 e. The van der Waals surface area contributed by atoms with Crippen LogP contribution >= 0.6 is 0 Å². The molecule has 0 spiro atoms. The molecule has 0 radical (unpaired) electrons. The molecule has 0 aliphatic heterocycles. The third kappa shape index (κ3) is 2.78. The van der Waals surface area contributed by atoms with Crippen molar-refractivity contribution in [3.8, 4) is 0 Å². The van der Waals surface area contributed by atoms with Crippen LogP contribution in [-0.4, -0.2) is 17.6 Å². The van der Waals surface area contributed by atoms with Crippen LogP contribution in [-0.2, 0) is 0 Å². The van der Waals surface area contributed by atoms with Crippen molar-refractivity contribution in [1.29, 1.82) is 0 Å². The predicted molar refractivity (Wildman–Crippen MR) is 63.8 cm³/mol. The van der Waals surface area contributed by atoms with E-state index in [4.69, 9.17) is 5.11 Å². The Kier molecular flexibility index (Phi) is 3.79. The van der Waals surface area contributed by atoms with Gasteiger partial charge >= 0.3 is 5.97 Å². The van der Waals surface area contributed by atoms with Gasteiger partial charge in [0.05, 0.1) is 5.56 Å². The highest BCUT2D eigenvalue weighted by Crippen LogP contribution is 2.26. The Bertz CT molecular complexity index is 433. The number of hydrogen-bond donors (Lipinski definition) is 2. The number of aromatic carboxylic acids is 1. The highest BCUT2D eigenvalue weighted by Gasteiger charge is 2.18. The van der Waals surface area contributed by atoms with E-state index in [0.717, 1.165) is 37.8 Å². The molecular weight excluding hydrogens is 240 g/mol. The van der Waals surface area contributed by atoms with E-state index in [9.17, 15) is 13.6 Å². The van der Waals surface area contributed by atoms with Crippen molar-refractivity contribution in [2.45, 2.75) is 25.7 Å². The van der Waals surface area contributed by atoms with Crippen LogP contribution in [0.1, 0.15) is 36.0 Å². The summed E-state index contributed by atoms with van der Waals surface area (Å²) in [5.74, 6) is -2.60. The average molecular weight is 255 g/mol. The maximum atomic E-state index is 13.6. The van der Waals surface area contributed by atoms with Crippen molar-refractivity contribution < 1.29 is 18.7 Å². The molecule has 98 valence electrons. The van der Waals surface area contributed by atoms with Crippen LogP contribution < -0.4 is 5.32 Å². The number of nitrogens with one attached hydrogen (secondary N) is 1. The Morgan fingerprint density at radius 2 is 1.83 bits per heavy atom. The summed E-state index contributed by atoms with van der Waals surface area (Å²) < 4.78 is 27.2. The summed E-state index contributed by atoms with van der Waals surface area (Å²) in [6, 6.07) is 1.67. The van der Waals surface area contributed by atoms with Crippen LogP contribution in [0.5, 0.6) is 0 Å². The SMILES string of the molecule is O=C(O)c1cc(F)c(NCC2CCCC2)c(F)c1. The molecule has 18 heavy (non-hydrogen) atoms. The molecule has 2 N–H and O–H groups in total. The quantitative estimate of drug-likeness (QED) is 0.868. The molecule has 2 rings (SSSR count). The lowest BCUT2D eigenvalue weighted by molar-refractivity contribution is 0.0696. The fraction of sp³-hybridized carbons (Fsp3) is 0.462. The molecule has 0 heterocycles. The van der Waals surface area contributed by atoms with Gasteiger partial charge in [0, 0.05) is 6.54 Å². The van der Waals surface area contributed by atoms with Gasteiger partial charge in [-0.3, -0.25) is 0 Å². The van der Waals surface area contributed by atoms with Crippen LogP contribution in [0.15, 0.2) is 12.1 Å². The third-order valence-electron chi connectivity index (χ3n) is 3.33. The molecule has 0 bridgehead atoms. The summed E-state index contributed by atoms with van der Waals surface area (Å²) in [6.45, 7) is 0.528. The largest absolute Gasteiger partial charge is 0.478 e. The molecule has 0 saturated heterocycles. The summed E-state index contributed by atoms with van der Waals surface area (Å²) in [6.07, 6.45) is 4.47. The first-order chi connectivity index (χ1) is 8.58. The molecule has 0 atom stereocenters. The van der Waals surface area contributed by atoms with E-state index in [1.165, 1.54) is 0 Å². The predicted octanol–water partition coefficient (Wildman–Crippen LogP) is 3.27. The molecular formula is C13H15F2NO2. The summed E-state index contributed by atoms with van der Waals surface area (Å²) in [5.41, 5.74) is -0.608. The Hall–Kier alpha value is -1.65. The Morgan fingerprint density at radius 1 is 1.28 bits per heavy atom. The zero-order chi connectivity index (χ0) is 13.1. The van der Waals surface area contributed by atoms with Gasteiger partial charge < -0.3 is 10.4 Å². The molecule has 5 heteroatoms. The fourth-order valence-corrected chi connectivity index (χ4v) is 2.33. The van der Waals surface area contributed by atoms with Crippen molar-refractivity contribution in [2.24, 2.45) is 5.92 Å². The lowest BCUT2D eigenvalue weighted by Gasteiger charge is -2.13. The topological polar surface area (TPSA) is 49.3 Å². The Balaban J connectivity index is 2.10. The van der Waals surface area contributed by atoms with E-state index < -0.39 is 17.6 Å². The Morgan fingerprint density at radius 3 is 2.33 bits per heavy atom. The number of carboxylic acids is 1. The molecule has 1 saturated carbocycles. The molecule has 1 aromatic carbocycles. The Labute approximate surface area is 104 Å². The highest BCUT2D eigenvalue weighted by atomic mass is 19.1. The van der Waals surface area contributed by atoms with Crippen LogP contribution in [0.2, 0.25) is 0 Å². The van der Waals surface area contributed by atoms with E-state index in [-0.39, 0.29) is 11.3 Å². The lowest BCUT2D eigenvalue weighted by atomic mass is 10.1. The number of halogens is 2. The zero-order valence-electron chi connectivity index (χ0n) is 9.88. The molecule has 1 aromatic rings. The first-order valence-corrected chi connectivity index (χ1v) is 6.04. The van der Waals surface area contributed by atoms with Crippen molar-refractivity contribution in [2.75, 3.05) is 11.9 Å². The lowest BCUT2D eigenvalue weighted by Crippen LogP contribution is -2.13. The molecule has 0 aromatic heterocycles. The van der Waals surface area contributed by atoms with E-state index in [2.05, 4.69) is 5.32 Å². The number of anilines is 1. The number of carboxylic acid groups (broad SMARTS) is 1. The minimum atomic E-state index is -1.34. The fourth-order valence-electron chi connectivity index (χ4n) is 2.33. The van der Waals surface area contributed by atoms with Crippen LogP contribution in [0.3, 0.4) is 0 Å². The zero-order valence-corrected chi connectivity index (χ0v) is 9.88. The molecule has 0 unspecified atom stereocenters. The van der Waals surface area contributed by atoms with Gasteiger partial charge in [-0.15, -0.1) is 0 Å². The number of hydrogen-bond acceptors (Lipinski definition) is 2. The highest BCUT2D eigenvalue weighted by molar-refractivity contribution is 5.88. The number of rotatable bonds is 4. The van der Waals surface area contributed by atoms with Crippen molar-refractivity contribution >= 4 is 11.7 Å². The van der Waals surface area contributed by atoms with Crippen molar-refractivity contribution in [3.05, 3.63) is 29.3 Å². The summed E-state index contributed by atoms with van der Waals surface area (Å²) in [4.78, 5) is 10.6. The standard InChI is InChI=1S/C13H15F2NO2/c14-10-5-9(13(17)18)6-11(15)12(10)16-7-8-3-1-2-4-8/h5-6,8,16H,1-4,7H2,(H,17,18). The number of benzene rings is 1. The van der Waals surface area contributed by atoms with Gasteiger partial charge in [0.2, 0.25) is 0 Å². The van der Waals surface area contributed by atoms with Crippen LogP contribution in [0, 0.1) is 17.6 Å². The van der Waals surface area contributed by atoms with E-state index in [1.54, 1.807) is 0 Å². The average Bonchev–Trinajstić information content (AvgIpc) is 2.80. The van der Waals surface area contributed by atoms with E-state index in [0.29, 0.717) is 12.5 Å². The van der Waals surface area contributed by atoms with E-state index >= 15 is 0 Å². The first kappa shape index (κ1) is 12.8. The molecule has 1 aliphatic rings. The van der Waals surface area contributed by atoms with Gasteiger partial charge in [-0.2, -0.15) is 0 Å². The second-order valence-corrected chi connectivity index (χ2v) is 4.65. The minimum Gasteiger partial charge on any atom is -0.478 e. The van der Waals surface area contributed by atoms with Gasteiger partial charge in [-0.25, -0.2) is 13.6 Å². The minimum absolute atomic E-state index is 0.230. The third-order valence-corrected chi connectivity index (χ3v) is 3.33. The van der Waals surface area contributed by atoms with Gasteiger partial charge in [-0.1, -0.05) is 12.8 Å². The first-order valence-electron chi connectivity index (χ1n) is 6.04. The summed E-state index contributed by atoms with van der Waals surface area (Å²) >= 11 is 0. The molecule has 1 fully saturated rings. The number of carbonyl (C=O) groups is 1. The maximum absolute atomic E-state index is 13.6. The smallest absolute Gasteiger partial charge is 0.335 e. The van der Waals surface area contributed by atoms with Crippen molar-refractivity contribution in [1.82, 2.24) is 0 Å². The molecule has 1 aliphatic carbocycles. The van der Waals surface area contributed by atoms with Gasteiger partial charge in [0.15, 0.2) is 0 Å². The monoisotopic (exact) mass is 255 g/mol. The summed E-state index contributed by atoms with van der Waals surface area (Å²) in [7, 11) is 0.